The first kappa shape index (κ1) is 19.7. The smallest absolute Gasteiger partial charge is 0.305 e. The summed E-state index contributed by atoms with van der Waals surface area (Å²) in [6.07, 6.45) is 1.10. The molecule has 1 atom stereocenters. The lowest BCUT2D eigenvalue weighted by atomic mass is 9.98. The first-order chi connectivity index (χ1) is 12.4. The van der Waals surface area contributed by atoms with Crippen LogP contribution in [0.25, 0.3) is 0 Å². The zero-order chi connectivity index (χ0) is 19.1. The first-order valence-electron chi connectivity index (χ1n) is 8.00. The molecule has 8 heteroatoms. The number of amides is 1. The van der Waals surface area contributed by atoms with Crippen LogP contribution in [0, 0.1) is 6.92 Å². The van der Waals surface area contributed by atoms with E-state index in [1.807, 2.05) is 19.1 Å². The Labute approximate surface area is 156 Å². The molecule has 7 nitrogen and oxygen atoms in total. The summed E-state index contributed by atoms with van der Waals surface area (Å²) in [5.41, 5.74) is 1.84. The fourth-order valence-corrected chi connectivity index (χ4v) is 2.73. The van der Waals surface area contributed by atoms with Gasteiger partial charge < -0.3 is 20.8 Å². The van der Waals surface area contributed by atoms with Gasteiger partial charge in [-0.25, -0.2) is 4.98 Å². The van der Waals surface area contributed by atoms with Gasteiger partial charge in [-0.15, -0.1) is 0 Å². The van der Waals surface area contributed by atoms with Crippen molar-refractivity contribution in [3.05, 3.63) is 58.2 Å². The Hall–Kier alpha value is -2.64. The molecule has 0 fully saturated rings. The lowest BCUT2D eigenvalue weighted by Gasteiger charge is -2.19. The molecule has 1 aromatic heterocycles. The quantitative estimate of drug-likeness (QED) is 0.562. The van der Waals surface area contributed by atoms with Crippen molar-refractivity contribution in [3.63, 3.8) is 0 Å². The van der Waals surface area contributed by atoms with Gasteiger partial charge in [-0.3, -0.25) is 9.59 Å². The number of aromatic nitrogens is 1. The number of aliphatic carboxylic acids is 1. The molecule has 0 aliphatic carbocycles. The van der Waals surface area contributed by atoms with E-state index >= 15 is 0 Å². The number of aryl methyl sites for hydroxylation is 1. The number of nitrogens with one attached hydrogen (secondary N) is 2. The van der Waals surface area contributed by atoms with E-state index in [1.54, 1.807) is 12.1 Å². The third kappa shape index (κ3) is 5.18. The zero-order valence-corrected chi connectivity index (χ0v) is 15.0. The number of benzene rings is 1. The van der Waals surface area contributed by atoms with E-state index in [4.69, 9.17) is 21.8 Å². The van der Waals surface area contributed by atoms with Crippen molar-refractivity contribution in [1.82, 2.24) is 10.3 Å². The van der Waals surface area contributed by atoms with Gasteiger partial charge in [0.05, 0.1) is 29.7 Å². The Morgan fingerprint density at radius 3 is 2.65 bits per heavy atom. The van der Waals surface area contributed by atoms with Crippen LogP contribution in [0.2, 0.25) is 5.02 Å². The highest BCUT2D eigenvalue weighted by atomic mass is 35.5. The maximum atomic E-state index is 12.5. The van der Waals surface area contributed by atoms with Crippen LogP contribution in [0.5, 0.6) is 0 Å². The van der Waals surface area contributed by atoms with Crippen molar-refractivity contribution < 1.29 is 19.8 Å². The van der Waals surface area contributed by atoms with Crippen LogP contribution >= 0.6 is 11.6 Å². The Balaban J connectivity index is 2.20. The van der Waals surface area contributed by atoms with E-state index in [0.717, 1.165) is 11.1 Å². The molecule has 0 saturated carbocycles. The van der Waals surface area contributed by atoms with Crippen molar-refractivity contribution in [2.45, 2.75) is 19.4 Å². The van der Waals surface area contributed by atoms with E-state index in [0.29, 0.717) is 5.82 Å². The summed E-state index contributed by atoms with van der Waals surface area (Å²) in [6.45, 7) is 2.07. The second-order valence-electron chi connectivity index (χ2n) is 5.69. The topological polar surface area (TPSA) is 112 Å². The third-order valence-corrected chi connectivity index (χ3v) is 4.04. The van der Waals surface area contributed by atoms with E-state index in [9.17, 15) is 9.59 Å². The normalized spacial score (nSPS) is 11.7. The van der Waals surface area contributed by atoms with Crippen LogP contribution in [0.4, 0.5) is 5.82 Å². The molecule has 1 amide bonds. The summed E-state index contributed by atoms with van der Waals surface area (Å²) in [5, 5.41) is 23.8. The number of carboxylic acids is 1. The van der Waals surface area contributed by atoms with E-state index in [1.165, 1.54) is 12.3 Å². The fourth-order valence-electron chi connectivity index (χ4n) is 2.50. The fraction of sp³-hybridized carbons (Fsp3) is 0.278. The van der Waals surface area contributed by atoms with Gasteiger partial charge >= 0.3 is 5.97 Å². The molecule has 0 spiro atoms. The van der Waals surface area contributed by atoms with Crippen molar-refractivity contribution in [2.24, 2.45) is 0 Å². The van der Waals surface area contributed by atoms with Crippen LogP contribution in [0.1, 0.15) is 33.9 Å². The highest BCUT2D eigenvalue weighted by Crippen LogP contribution is 2.23. The molecule has 0 aliphatic rings. The number of hydrogen-bond donors (Lipinski definition) is 4. The van der Waals surface area contributed by atoms with Gasteiger partial charge in [0, 0.05) is 12.7 Å². The highest BCUT2D eigenvalue weighted by Gasteiger charge is 2.21. The van der Waals surface area contributed by atoms with E-state index < -0.39 is 17.9 Å². The van der Waals surface area contributed by atoms with Crippen LogP contribution in [0.15, 0.2) is 36.5 Å². The molecule has 4 N–H and O–H groups in total. The Bertz CT molecular complexity index is 798. The van der Waals surface area contributed by atoms with Crippen LogP contribution < -0.4 is 10.6 Å². The monoisotopic (exact) mass is 377 g/mol. The summed E-state index contributed by atoms with van der Waals surface area (Å²) < 4.78 is 0. The van der Waals surface area contributed by atoms with E-state index in [2.05, 4.69) is 15.6 Å². The predicted octanol–water partition coefficient (Wildman–Crippen LogP) is 2.39. The number of carbonyl (C=O) groups excluding carboxylic acids is 1. The minimum atomic E-state index is -1.02. The Morgan fingerprint density at radius 1 is 1.31 bits per heavy atom. The molecule has 0 radical (unpaired) electrons. The lowest BCUT2D eigenvalue weighted by Crippen LogP contribution is -2.30. The van der Waals surface area contributed by atoms with Crippen molar-refractivity contribution in [1.29, 1.82) is 0 Å². The molecule has 2 aromatic rings. The number of aliphatic hydroxyl groups excluding tert-OH is 1. The van der Waals surface area contributed by atoms with Crippen molar-refractivity contribution in [3.8, 4) is 0 Å². The SMILES string of the molecule is Cc1ccccc1[C@H](CC(=O)O)NC(=O)c1cnc(NCCO)c(Cl)c1. The Morgan fingerprint density at radius 2 is 2.04 bits per heavy atom. The molecule has 0 bridgehead atoms. The standard InChI is InChI=1S/C18H20ClN3O4/c1-11-4-2-3-5-13(11)15(9-16(24)25)22-18(26)12-8-14(19)17(21-10-12)20-6-7-23/h2-5,8,10,15,23H,6-7,9H2,1H3,(H,20,21)(H,22,26)(H,24,25)/t15-/m0/s1. The van der Waals surface area contributed by atoms with Crippen molar-refractivity contribution in [2.75, 3.05) is 18.5 Å². The summed E-state index contributed by atoms with van der Waals surface area (Å²) in [5.74, 6) is -1.13. The average Bonchev–Trinajstić information content (AvgIpc) is 2.60. The first-order valence-corrected chi connectivity index (χ1v) is 8.38. The van der Waals surface area contributed by atoms with Crippen LogP contribution in [-0.4, -0.2) is 40.2 Å². The van der Waals surface area contributed by atoms with Gasteiger partial charge in [-0.1, -0.05) is 35.9 Å². The maximum Gasteiger partial charge on any atom is 0.305 e. The molecular weight excluding hydrogens is 358 g/mol. The number of pyridine rings is 1. The number of nitrogens with zero attached hydrogens (tertiary/aromatic N) is 1. The number of anilines is 1. The Kier molecular flexibility index (Phi) is 6.94. The van der Waals surface area contributed by atoms with Crippen LogP contribution in [0.3, 0.4) is 0 Å². The summed E-state index contributed by atoms with van der Waals surface area (Å²) in [6, 6.07) is 8.06. The number of aliphatic hydroxyl groups is 1. The van der Waals surface area contributed by atoms with E-state index in [-0.39, 0.29) is 30.2 Å². The van der Waals surface area contributed by atoms with Crippen LogP contribution in [-0.2, 0) is 4.79 Å². The van der Waals surface area contributed by atoms with Gasteiger partial charge in [0.25, 0.3) is 5.91 Å². The van der Waals surface area contributed by atoms with Crippen molar-refractivity contribution >= 4 is 29.3 Å². The lowest BCUT2D eigenvalue weighted by molar-refractivity contribution is -0.137. The van der Waals surface area contributed by atoms with Gasteiger partial charge in [0.2, 0.25) is 0 Å². The van der Waals surface area contributed by atoms with Gasteiger partial charge in [-0.05, 0) is 24.1 Å². The highest BCUT2D eigenvalue weighted by molar-refractivity contribution is 6.33. The second kappa shape index (κ2) is 9.17. The number of halogens is 1. The summed E-state index contributed by atoms with van der Waals surface area (Å²) >= 11 is 6.09. The van der Waals surface area contributed by atoms with Gasteiger partial charge in [0.1, 0.15) is 5.82 Å². The molecule has 0 aliphatic heterocycles. The molecule has 1 heterocycles. The largest absolute Gasteiger partial charge is 0.481 e. The third-order valence-electron chi connectivity index (χ3n) is 3.76. The average molecular weight is 378 g/mol. The second-order valence-corrected chi connectivity index (χ2v) is 6.09. The molecule has 2 rings (SSSR count). The minimum Gasteiger partial charge on any atom is -0.481 e. The molecule has 0 saturated heterocycles. The molecular formula is C18H20ClN3O4. The van der Waals surface area contributed by atoms with Gasteiger partial charge in [-0.2, -0.15) is 0 Å². The minimum absolute atomic E-state index is 0.0759. The number of carboxylic acid groups (broad SMARTS) is 1. The molecule has 26 heavy (non-hydrogen) atoms. The molecule has 1 aromatic carbocycles. The molecule has 0 unspecified atom stereocenters. The number of hydrogen-bond acceptors (Lipinski definition) is 5. The summed E-state index contributed by atoms with van der Waals surface area (Å²) in [4.78, 5) is 27.8. The predicted molar refractivity (Wildman–Crippen MR) is 98.5 cm³/mol. The summed E-state index contributed by atoms with van der Waals surface area (Å²) in [7, 11) is 0. The number of carbonyl (C=O) groups is 2. The maximum absolute atomic E-state index is 12.5. The number of rotatable bonds is 8. The zero-order valence-electron chi connectivity index (χ0n) is 14.2. The molecule has 138 valence electrons. The van der Waals surface area contributed by atoms with Gasteiger partial charge in [0.15, 0.2) is 0 Å².